The Morgan fingerprint density at radius 3 is 2.66 bits per heavy atom. The summed E-state index contributed by atoms with van der Waals surface area (Å²) in [7, 11) is 0. The first-order valence-electron chi connectivity index (χ1n) is 9.51. The number of carbonyl (C=O) groups is 2. The first-order valence-corrected chi connectivity index (χ1v) is 9.51. The summed E-state index contributed by atoms with van der Waals surface area (Å²) in [4.78, 5) is 31.6. The molecule has 1 N–H and O–H groups in total. The number of halogens is 2. The molecule has 1 spiro atoms. The smallest absolute Gasteiger partial charge is 0.254 e. The van der Waals surface area contributed by atoms with E-state index in [1.807, 2.05) is 0 Å². The van der Waals surface area contributed by atoms with Gasteiger partial charge in [-0.25, -0.2) is 8.78 Å². The number of likely N-dealkylation sites (tertiary alicyclic amines) is 1. The van der Waals surface area contributed by atoms with Crippen molar-refractivity contribution in [3.8, 4) is 0 Å². The molecule has 2 aliphatic rings. The predicted octanol–water partition coefficient (Wildman–Crippen LogP) is 2.87. The lowest BCUT2D eigenvalue weighted by atomic mass is 9.71. The van der Waals surface area contributed by atoms with Crippen LogP contribution in [0.5, 0.6) is 0 Å². The maximum absolute atomic E-state index is 13.6. The van der Waals surface area contributed by atoms with Crippen molar-refractivity contribution < 1.29 is 23.1 Å². The van der Waals surface area contributed by atoms with Gasteiger partial charge >= 0.3 is 0 Å². The van der Waals surface area contributed by atoms with E-state index in [4.69, 9.17) is 4.74 Å². The van der Waals surface area contributed by atoms with E-state index in [0.717, 1.165) is 12.1 Å². The molecule has 2 saturated heterocycles. The molecular weight excluding hydrogens is 380 g/mol. The van der Waals surface area contributed by atoms with Crippen LogP contribution in [0.3, 0.4) is 0 Å². The van der Waals surface area contributed by atoms with Crippen LogP contribution in [0.2, 0.25) is 0 Å². The van der Waals surface area contributed by atoms with Gasteiger partial charge in [0.05, 0.1) is 17.8 Å². The van der Waals surface area contributed by atoms with Gasteiger partial charge in [0.2, 0.25) is 5.91 Å². The van der Waals surface area contributed by atoms with E-state index in [9.17, 15) is 18.4 Å². The minimum Gasteiger partial charge on any atom is -0.381 e. The molecule has 8 heteroatoms. The molecule has 2 aromatic rings. The highest BCUT2D eigenvalue weighted by Gasteiger charge is 2.51. The Morgan fingerprint density at radius 2 is 1.97 bits per heavy atom. The molecule has 2 fully saturated rings. The number of hydrogen-bond donors (Lipinski definition) is 1. The van der Waals surface area contributed by atoms with E-state index < -0.39 is 28.9 Å². The largest absolute Gasteiger partial charge is 0.381 e. The zero-order valence-electron chi connectivity index (χ0n) is 15.7. The highest BCUT2D eigenvalue weighted by molar-refractivity contribution is 5.97. The minimum absolute atomic E-state index is 0.0689. The molecule has 0 saturated carbocycles. The van der Waals surface area contributed by atoms with Crippen molar-refractivity contribution in [2.75, 3.05) is 31.6 Å². The lowest BCUT2D eigenvalue weighted by Crippen LogP contribution is -2.42. The van der Waals surface area contributed by atoms with Crippen LogP contribution < -0.4 is 5.32 Å². The van der Waals surface area contributed by atoms with Crippen molar-refractivity contribution in [1.82, 2.24) is 9.88 Å². The first-order chi connectivity index (χ1) is 14.0. The van der Waals surface area contributed by atoms with Gasteiger partial charge in [0.1, 0.15) is 0 Å². The SMILES string of the molecule is O=C(Nc1cccnc1)C1CN(C(=O)c2ccc(F)c(F)c2)CC12CCOCC2. The summed E-state index contributed by atoms with van der Waals surface area (Å²) in [5.41, 5.74) is 0.253. The predicted molar refractivity (Wildman–Crippen MR) is 101 cm³/mol. The van der Waals surface area contributed by atoms with Crippen LogP contribution in [0.25, 0.3) is 0 Å². The number of ether oxygens (including phenoxy) is 1. The van der Waals surface area contributed by atoms with E-state index in [0.29, 0.717) is 38.3 Å². The summed E-state index contributed by atoms with van der Waals surface area (Å²) >= 11 is 0. The highest BCUT2D eigenvalue weighted by Crippen LogP contribution is 2.45. The molecule has 0 radical (unpaired) electrons. The second kappa shape index (κ2) is 7.87. The maximum atomic E-state index is 13.6. The zero-order chi connectivity index (χ0) is 20.4. The van der Waals surface area contributed by atoms with Gasteiger partial charge in [-0.3, -0.25) is 14.6 Å². The number of nitrogens with one attached hydrogen (secondary N) is 1. The van der Waals surface area contributed by atoms with Crippen molar-refractivity contribution in [3.05, 3.63) is 59.9 Å². The van der Waals surface area contributed by atoms with E-state index in [1.54, 1.807) is 29.4 Å². The summed E-state index contributed by atoms with van der Waals surface area (Å²) in [6, 6.07) is 6.58. The summed E-state index contributed by atoms with van der Waals surface area (Å²) < 4.78 is 32.3. The average Bonchev–Trinajstić information content (AvgIpc) is 3.09. The van der Waals surface area contributed by atoms with Crippen molar-refractivity contribution in [1.29, 1.82) is 0 Å². The van der Waals surface area contributed by atoms with Crippen LogP contribution in [0.4, 0.5) is 14.5 Å². The normalized spacial score (nSPS) is 20.6. The number of hydrogen-bond acceptors (Lipinski definition) is 4. The van der Waals surface area contributed by atoms with Gasteiger partial charge in [0, 0.05) is 43.5 Å². The van der Waals surface area contributed by atoms with Crippen LogP contribution in [0.1, 0.15) is 23.2 Å². The van der Waals surface area contributed by atoms with Crippen LogP contribution in [0, 0.1) is 23.0 Å². The van der Waals surface area contributed by atoms with Gasteiger partial charge in [-0.1, -0.05) is 0 Å². The molecule has 0 aliphatic carbocycles. The molecule has 2 amide bonds. The molecular formula is C21H21F2N3O3. The van der Waals surface area contributed by atoms with Crippen LogP contribution >= 0.6 is 0 Å². The van der Waals surface area contributed by atoms with E-state index in [-0.39, 0.29) is 18.0 Å². The maximum Gasteiger partial charge on any atom is 0.254 e. The number of pyridine rings is 1. The summed E-state index contributed by atoms with van der Waals surface area (Å²) in [6.07, 6.45) is 4.49. The Morgan fingerprint density at radius 1 is 1.17 bits per heavy atom. The van der Waals surface area contributed by atoms with Crippen molar-refractivity contribution in [2.45, 2.75) is 12.8 Å². The second-order valence-corrected chi connectivity index (χ2v) is 7.57. The standard InChI is InChI=1S/C21H21F2N3O3/c22-17-4-3-14(10-18(17)23)20(28)26-12-16(21(13-26)5-8-29-9-6-21)19(27)25-15-2-1-7-24-11-15/h1-4,7,10-11,16H,5-6,8-9,12-13H2,(H,25,27). The number of benzene rings is 1. The minimum atomic E-state index is -1.07. The zero-order valence-corrected chi connectivity index (χ0v) is 15.7. The molecule has 0 bridgehead atoms. The molecule has 1 aromatic carbocycles. The Balaban J connectivity index is 1.57. The molecule has 29 heavy (non-hydrogen) atoms. The molecule has 2 aliphatic heterocycles. The molecule has 6 nitrogen and oxygen atoms in total. The second-order valence-electron chi connectivity index (χ2n) is 7.57. The summed E-state index contributed by atoms with van der Waals surface area (Å²) in [6.45, 7) is 1.62. The van der Waals surface area contributed by atoms with E-state index in [1.165, 1.54) is 6.07 Å². The quantitative estimate of drug-likeness (QED) is 0.859. The number of anilines is 1. The third-order valence-corrected chi connectivity index (χ3v) is 5.84. The lowest BCUT2D eigenvalue weighted by molar-refractivity contribution is -0.124. The first kappa shape index (κ1) is 19.4. The fourth-order valence-corrected chi connectivity index (χ4v) is 4.25. The fourth-order valence-electron chi connectivity index (χ4n) is 4.25. The lowest BCUT2D eigenvalue weighted by Gasteiger charge is -2.37. The van der Waals surface area contributed by atoms with Crippen LogP contribution in [0.15, 0.2) is 42.7 Å². The van der Waals surface area contributed by atoms with Crippen molar-refractivity contribution in [2.24, 2.45) is 11.3 Å². The third-order valence-electron chi connectivity index (χ3n) is 5.84. The monoisotopic (exact) mass is 401 g/mol. The Kier molecular flexibility index (Phi) is 5.27. The van der Waals surface area contributed by atoms with E-state index in [2.05, 4.69) is 10.3 Å². The topological polar surface area (TPSA) is 71.5 Å². The van der Waals surface area contributed by atoms with Gasteiger partial charge in [0.15, 0.2) is 11.6 Å². The molecule has 1 aromatic heterocycles. The van der Waals surface area contributed by atoms with Crippen LogP contribution in [-0.2, 0) is 9.53 Å². The van der Waals surface area contributed by atoms with Crippen LogP contribution in [-0.4, -0.2) is 48.0 Å². The van der Waals surface area contributed by atoms with Crippen molar-refractivity contribution in [3.63, 3.8) is 0 Å². The van der Waals surface area contributed by atoms with Gasteiger partial charge in [-0.05, 0) is 43.2 Å². The molecule has 1 unspecified atom stereocenters. The summed E-state index contributed by atoms with van der Waals surface area (Å²) in [5.74, 6) is -3.09. The molecule has 4 rings (SSSR count). The van der Waals surface area contributed by atoms with Gasteiger partial charge < -0.3 is 15.0 Å². The Hall–Kier alpha value is -2.87. The number of nitrogens with zero attached hydrogens (tertiary/aromatic N) is 2. The van der Waals surface area contributed by atoms with E-state index >= 15 is 0 Å². The number of carbonyl (C=O) groups excluding carboxylic acids is 2. The number of amides is 2. The van der Waals surface area contributed by atoms with Gasteiger partial charge in [-0.2, -0.15) is 0 Å². The molecule has 152 valence electrons. The van der Waals surface area contributed by atoms with Gasteiger partial charge in [0.25, 0.3) is 5.91 Å². The number of aromatic nitrogens is 1. The number of rotatable bonds is 3. The molecule has 3 heterocycles. The Labute approximate surface area is 166 Å². The molecule has 1 atom stereocenters. The van der Waals surface area contributed by atoms with Gasteiger partial charge in [-0.15, -0.1) is 0 Å². The fraction of sp³-hybridized carbons (Fsp3) is 0.381. The summed E-state index contributed by atoms with van der Waals surface area (Å²) in [5, 5.41) is 2.88. The Bertz CT molecular complexity index is 917. The average molecular weight is 401 g/mol. The van der Waals surface area contributed by atoms with Crippen molar-refractivity contribution >= 4 is 17.5 Å². The third kappa shape index (κ3) is 3.85. The highest BCUT2D eigenvalue weighted by atomic mass is 19.2.